The highest BCUT2D eigenvalue weighted by Gasteiger charge is 2.13. The van der Waals surface area contributed by atoms with Crippen molar-refractivity contribution in [3.8, 4) is 0 Å². The first-order chi connectivity index (χ1) is 8.02. The van der Waals surface area contributed by atoms with Crippen molar-refractivity contribution >= 4 is 18.0 Å². The fraction of sp³-hybridized carbons (Fsp3) is 0.167. The summed E-state index contributed by atoms with van der Waals surface area (Å²) < 4.78 is 13.3. The summed E-state index contributed by atoms with van der Waals surface area (Å²) in [6.07, 6.45) is 3.02. The Bertz CT molecular complexity index is 469. The third kappa shape index (κ3) is 3.71. The van der Waals surface area contributed by atoms with Gasteiger partial charge in [0.15, 0.2) is 0 Å². The highest BCUT2D eigenvalue weighted by molar-refractivity contribution is 5.92. The van der Waals surface area contributed by atoms with Crippen molar-refractivity contribution in [1.82, 2.24) is 5.32 Å². The molecular formula is C12H12FNO3. The number of benzene rings is 1. The molecule has 4 nitrogen and oxygen atoms in total. The maximum Gasteiger partial charge on any atom is 0.339 e. The van der Waals surface area contributed by atoms with Gasteiger partial charge in [-0.3, -0.25) is 4.79 Å². The van der Waals surface area contributed by atoms with E-state index in [1.54, 1.807) is 6.08 Å². The first kappa shape index (κ1) is 12.9. The number of hydrogen-bond acceptors (Lipinski definition) is 2. The quantitative estimate of drug-likeness (QED) is 0.837. The monoisotopic (exact) mass is 237 g/mol. The molecule has 1 aromatic rings. The van der Waals surface area contributed by atoms with Crippen molar-refractivity contribution in [1.29, 1.82) is 0 Å². The second kappa shape index (κ2) is 5.79. The first-order valence-electron chi connectivity index (χ1n) is 4.95. The van der Waals surface area contributed by atoms with E-state index in [1.807, 2.05) is 0 Å². The van der Waals surface area contributed by atoms with Crippen LogP contribution in [0, 0.1) is 5.82 Å². The molecule has 0 heterocycles. The van der Waals surface area contributed by atoms with Crippen molar-refractivity contribution in [3.05, 3.63) is 41.2 Å². The summed E-state index contributed by atoms with van der Waals surface area (Å²) in [7, 11) is 0. The zero-order valence-electron chi connectivity index (χ0n) is 9.24. The summed E-state index contributed by atoms with van der Waals surface area (Å²) in [5.74, 6) is -2.28. The van der Waals surface area contributed by atoms with Crippen LogP contribution in [0.15, 0.2) is 24.3 Å². The van der Waals surface area contributed by atoms with Crippen LogP contribution in [0.25, 0.3) is 6.08 Å². The number of rotatable bonds is 4. The number of carboxylic acid groups (broad SMARTS) is 1. The zero-order chi connectivity index (χ0) is 12.8. The summed E-state index contributed by atoms with van der Waals surface area (Å²) in [4.78, 5) is 21.4. The maximum atomic E-state index is 13.3. The SMILES string of the molecule is CC(=O)NCC=Cc1cccc(F)c1C(=O)O. The second-order valence-corrected chi connectivity index (χ2v) is 3.35. The number of aromatic carboxylic acids is 1. The maximum absolute atomic E-state index is 13.3. The van der Waals surface area contributed by atoms with Gasteiger partial charge in [0.05, 0.1) is 0 Å². The molecule has 2 N–H and O–H groups in total. The lowest BCUT2D eigenvalue weighted by atomic mass is 10.1. The van der Waals surface area contributed by atoms with Crippen molar-refractivity contribution in [3.63, 3.8) is 0 Å². The zero-order valence-corrected chi connectivity index (χ0v) is 9.24. The summed E-state index contributed by atoms with van der Waals surface area (Å²) in [5, 5.41) is 11.4. The number of amides is 1. The van der Waals surface area contributed by atoms with Gasteiger partial charge < -0.3 is 10.4 Å². The Balaban J connectivity index is 2.87. The van der Waals surface area contributed by atoms with Crippen LogP contribution in [-0.4, -0.2) is 23.5 Å². The predicted octanol–water partition coefficient (Wildman–Crippen LogP) is 1.67. The van der Waals surface area contributed by atoms with E-state index < -0.39 is 11.8 Å². The number of nitrogens with one attached hydrogen (secondary N) is 1. The van der Waals surface area contributed by atoms with E-state index in [0.717, 1.165) is 6.07 Å². The molecule has 0 bridgehead atoms. The molecular weight excluding hydrogens is 225 g/mol. The van der Waals surface area contributed by atoms with E-state index in [1.165, 1.54) is 25.1 Å². The molecule has 0 unspecified atom stereocenters. The Morgan fingerprint density at radius 3 is 2.76 bits per heavy atom. The second-order valence-electron chi connectivity index (χ2n) is 3.35. The minimum atomic E-state index is -1.32. The van der Waals surface area contributed by atoms with Gasteiger partial charge in [0.25, 0.3) is 0 Å². The molecule has 5 heteroatoms. The Kier molecular flexibility index (Phi) is 4.39. The molecule has 0 radical (unpaired) electrons. The van der Waals surface area contributed by atoms with Crippen LogP contribution >= 0.6 is 0 Å². The number of carboxylic acids is 1. The van der Waals surface area contributed by atoms with E-state index in [4.69, 9.17) is 5.11 Å². The predicted molar refractivity (Wildman–Crippen MR) is 61.1 cm³/mol. The van der Waals surface area contributed by atoms with Gasteiger partial charge in [0.2, 0.25) is 5.91 Å². The van der Waals surface area contributed by atoms with Crippen LogP contribution in [0.3, 0.4) is 0 Å². The Morgan fingerprint density at radius 1 is 1.47 bits per heavy atom. The number of carbonyl (C=O) groups is 2. The van der Waals surface area contributed by atoms with E-state index >= 15 is 0 Å². The molecule has 0 aliphatic rings. The fourth-order valence-corrected chi connectivity index (χ4v) is 1.29. The standard InChI is InChI=1S/C12H12FNO3/c1-8(15)14-7-3-5-9-4-2-6-10(13)11(9)12(16)17/h2-6H,7H2,1H3,(H,14,15)(H,16,17). The van der Waals surface area contributed by atoms with Crippen LogP contribution in [0.1, 0.15) is 22.8 Å². The molecule has 0 aliphatic carbocycles. The third-order valence-electron chi connectivity index (χ3n) is 2.03. The number of halogens is 1. The fourth-order valence-electron chi connectivity index (χ4n) is 1.29. The van der Waals surface area contributed by atoms with Gasteiger partial charge in [0.1, 0.15) is 11.4 Å². The highest BCUT2D eigenvalue weighted by atomic mass is 19.1. The lowest BCUT2D eigenvalue weighted by molar-refractivity contribution is -0.118. The van der Waals surface area contributed by atoms with Gasteiger partial charge >= 0.3 is 5.97 Å². The molecule has 0 saturated carbocycles. The number of hydrogen-bond donors (Lipinski definition) is 2. The summed E-state index contributed by atoms with van der Waals surface area (Å²) in [6.45, 7) is 1.64. The van der Waals surface area contributed by atoms with E-state index in [0.29, 0.717) is 0 Å². The molecule has 1 rings (SSSR count). The number of carbonyl (C=O) groups excluding carboxylic acids is 1. The Labute approximate surface area is 97.8 Å². The normalized spacial score (nSPS) is 10.5. The molecule has 0 spiro atoms. The summed E-state index contributed by atoms with van der Waals surface area (Å²) >= 11 is 0. The largest absolute Gasteiger partial charge is 0.478 e. The van der Waals surface area contributed by atoms with E-state index in [9.17, 15) is 14.0 Å². The van der Waals surface area contributed by atoms with Gasteiger partial charge in [-0.25, -0.2) is 9.18 Å². The molecule has 0 fully saturated rings. The lowest BCUT2D eigenvalue weighted by Gasteiger charge is -2.02. The van der Waals surface area contributed by atoms with Crippen LogP contribution < -0.4 is 5.32 Å². The van der Waals surface area contributed by atoms with Crippen molar-refractivity contribution < 1.29 is 19.1 Å². The average molecular weight is 237 g/mol. The first-order valence-corrected chi connectivity index (χ1v) is 4.95. The van der Waals surface area contributed by atoms with Gasteiger partial charge in [-0.1, -0.05) is 24.3 Å². The Hall–Kier alpha value is -2.17. The minimum Gasteiger partial charge on any atom is -0.478 e. The van der Waals surface area contributed by atoms with E-state index in [-0.39, 0.29) is 23.6 Å². The third-order valence-corrected chi connectivity index (χ3v) is 2.03. The molecule has 0 atom stereocenters. The van der Waals surface area contributed by atoms with Crippen LogP contribution in [0.2, 0.25) is 0 Å². The van der Waals surface area contributed by atoms with Gasteiger partial charge in [-0.2, -0.15) is 0 Å². The lowest BCUT2D eigenvalue weighted by Crippen LogP contribution is -2.19. The average Bonchev–Trinajstić information content (AvgIpc) is 2.23. The van der Waals surface area contributed by atoms with Crippen molar-refractivity contribution in [2.75, 3.05) is 6.54 Å². The van der Waals surface area contributed by atoms with Gasteiger partial charge in [-0.15, -0.1) is 0 Å². The topological polar surface area (TPSA) is 66.4 Å². The molecule has 0 saturated heterocycles. The molecule has 0 aromatic heterocycles. The van der Waals surface area contributed by atoms with Crippen LogP contribution in [0.4, 0.5) is 4.39 Å². The molecule has 1 aromatic carbocycles. The Morgan fingerprint density at radius 2 is 2.18 bits per heavy atom. The molecule has 17 heavy (non-hydrogen) atoms. The molecule has 0 aliphatic heterocycles. The smallest absolute Gasteiger partial charge is 0.339 e. The van der Waals surface area contributed by atoms with Crippen LogP contribution in [0.5, 0.6) is 0 Å². The van der Waals surface area contributed by atoms with Crippen molar-refractivity contribution in [2.24, 2.45) is 0 Å². The van der Waals surface area contributed by atoms with Gasteiger partial charge in [0, 0.05) is 13.5 Å². The minimum absolute atomic E-state index is 0.188. The van der Waals surface area contributed by atoms with E-state index in [2.05, 4.69) is 5.32 Å². The summed E-state index contributed by atoms with van der Waals surface area (Å²) in [5.41, 5.74) is -0.102. The molecule has 1 amide bonds. The molecule has 90 valence electrons. The van der Waals surface area contributed by atoms with Crippen molar-refractivity contribution in [2.45, 2.75) is 6.92 Å². The summed E-state index contributed by atoms with van der Waals surface area (Å²) in [6, 6.07) is 4.02. The van der Waals surface area contributed by atoms with Gasteiger partial charge in [-0.05, 0) is 11.6 Å². The highest BCUT2D eigenvalue weighted by Crippen LogP contribution is 2.14. The van der Waals surface area contributed by atoms with Crippen LogP contribution in [-0.2, 0) is 4.79 Å².